The second-order valence-corrected chi connectivity index (χ2v) is 18.1. The number of amides is 8. The summed E-state index contributed by atoms with van der Waals surface area (Å²) < 4.78 is 0. The zero-order valence-corrected chi connectivity index (χ0v) is 40.1. The minimum Gasteiger partial charge on any atom is -0.370 e. The van der Waals surface area contributed by atoms with Crippen LogP contribution < -0.4 is 48.3 Å². The van der Waals surface area contributed by atoms with Crippen molar-refractivity contribution in [3.8, 4) is 0 Å². The Morgan fingerprint density at radius 3 is 2.13 bits per heavy atom. The Morgan fingerprint density at radius 2 is 1.44 bits per heavy atom. The van der Waals surface area contributed by atoms with E-state index in [0.29, 0.717) is 23.4 Å². The summed E-state index contributed by atoms with van der Waals surface area (Å²) in [7, 11) is 0. The van der Waals surface area contributed by atoms with E-state index in [-0.39, 0.29) is 88.8 Å². The molecule has 2 fully saturated rings. The van der Waals surface area contributed by atoms with E-state index in [0.717, 1.165) is 23.7 Å². The summed E-state index contributed by atoms with van der Waals surface area (Å²) in [4.78, 5) is 124. The zero-order valence-electron chi connectivity index (χ0n) is 40.1. The predicted octanol–water partition coefficient (Wildman–Crippen LogP) is -0.188. The van der Waals surface area contributed by atoms with Gasteiger partial charge in [-0.25, -0.2) is 4.98 Å². The van der Waals surface area contributed by atoms with Crippen LogP contribution in [-0.4, -0.2) is 135 Å². The lowest BCUT2D eigenvalue weighted by atomic mass is 10.0. The summed E-state index contributed by atoms with van der Waals surface area (Å²) in [5.74, 6) is -5.30. The molecular weight excluding hydrogens is 913 g/mol. The molecule has 7 atom stereocenters. The molecule has 22 nitrogen and oxygen atoms in total. The van der Waals surface area contributed by atoms with Crippen LogP contribution in [0.4, 0.5) is 0 Å². The molecule has 8 amide bonds. The smallest absolute Gasteiger partial charge is 0.245 e. The normalized spacial score (nSPS) is 23.6. The number of H-pyrrole nitrogens is 2. The fourth-order valence-corrected chi connectivity index (χ4v) is 8.90. The zero-order chi connectivity index (χ0) is 50.9. The van der Waals surface area contributed by atoms with Crippen LogP contribution in [0, 0.1) is 5.41 Å². The summed E-state index contributed by atoms with van der Waals surface area (Å²) in [6, 6.07) is 8.69. The molecule has 0 bridgehead atoms. The maximum Gasteiger partial charge on any atom is 0.245 e. The van der Waals surface area contributed by atoms with Crippen LogP contribution in [0.15, 0.2) is 73.3 Å². The topological polar surface area (TPSA) is 330 Å². The van der Waals surface area contributed by atoms with Gasteiger partial charge in [0.25, 0.3) is 0 Å². The first kappa shape index (κ1) is 52.6. The highest BCUT2D eigenvalue weighted by molar-refractivity contribution is 5.98. The van der Waals surface area contributed by atoms with Gasteiger partial charge in [-0.1, -0.05) is 48.5 Å². The number of rotatable bonds is 12. The number of hydrogen-bond acceptors (Lipinski definition) is 10. The summed E-state index contributed by atoms with van der Waals surface area (Å²) in [5, 5.41) is 30.7. The van der Waals surface area contributed by atoms with E-state index < -0.39 is 77.6 Å². The van der Waals surface area contributed by atoms with Gasteiger partial charge in [-0.3, -0.25) is 43.8 Å². The molecule has 4 aromatic rings. The molecule has 4 heterocycles. The van der Waals surface area contributed by atoms with Crippen LogP contribution in [0.2, 0.25) is 0 Å². The number of para-hydroxylation sites is 1. The number of carbonyl (C=O) groups is 8. The lowest BCUT2D eigenvalue weighted by Crippen LogP contribution is -2.60. The van der Waals surface area contributed by atoms with Crippen LogP contribution in [0.1, 0.15) is 82.0 Å². The Morgan fingerprint density at radius 1 is 0.775 bits per heavy atom. The standard InChI is InChI=1S/C49H66N14O8/c1-29-11-10-22-63(29)48(71)38-17-9-20-53-42(65)19-18-37(57-30(2)64)44(67)62-41(25-33-27-52-28-56-33)47(70)60-39(23-31-12-4-3-5-13-31)45(68)58-36(16-8-21-54-49(50)51)43(66)61-40(46(69)59-38)24-32-26-55-35-15-7-6-14-34(32)35/h3-7,12-15,26-29,36-41,55H,8-11,16-25H2,1-2H3,(H,52,56)(H,53,65)(H,57,64)(H,58,68)(H,59,69)(H,60,70)(H,61,66)(H,62,67)(H4,50,51,54)/t29-,36+,37+,38+,39-,40+,41+/m1/s1. The number of nitrogens with two attached hydrogens (primary N) is 1. The van der Waals surface area contributed by atoms with Gasteiger partial charge in [-0.05, 0) is 69.1 Å². The van der Waals surface area contributed by atoms with E-state index in [1.165, 1.54) is 19.4 Å². The van der Waals surface area contributed by atoms with E-state index in [1.807, 2.05) is 31.2 Å². The van der Waals surface area contributed by atoms with Gasteiger partial charge < -0.3 is 63.1 Å². The van der Waals surface area contributed by atoms with Crippen molar-refractivity contribution in [3.05, 3.63) is 90.1 Å². The van der Waals surface area contributed by atoms with Crippen LogP contribution in [-0.2, 0) is 57.6 Å². The Labute approximate surface area is 411 Å². The van der Waals surface area contributed by atoms with Gasteiger partial charge in [-0.2, -0.15) is 0 Å². The highest BCUT2D eigenvalue weighted by Gasteiger charge is 2.36. The van der Waals surface area contributed by atoms with Crippen molar-refractivity contribution < 1.29 is 38.4 Å². The van der Waals surface area contributed by atoms with Crippen molar-refractivity contribution in [2.24, 2.45) is 5.73 Å². The quantitative estimate of drug-likeness (QED) is 0.0502. The molecule has 0 aliphatic carbocycles. The number of fused-ring (bicyclic) bond motifs is 1. The van der Waals surface area contributed by atoms with Crippen molar-refractivity contribution in [1.29, 1.82) is 5.41 Å². The Kier molecular flexibility index (Phi) is 19.0. The Balaban J connectivity index is 1.38. The minimum absolute atomic E-state index is 0.00595. The molecule has 2 aliphatic rings. The summed E-state index contributed by atoms with van der Waals surface area (Å²) in [6.07, 6.45) is 6.28. The molecule has 22 heteroatoms. The molecule has 71 heavy (non-hydrogen) atoms. The second kappa shape index (κ2) is 25.7. The molecule has 2 aromatic carbocycles. The molecular formula is C49H66N14O8. The third-order valence-corrected chi connectivity index (χ3v) is 12.7. The maximum absolute atomic E-state index is 14.7. The highest BCUT2D eigenvalue weighted by Crippen LogP contribution is 2.21. The number of nitrogens with one attached hydrogen (secondary N) is 11. The van der Waals surface area contributed by atoms with E-state index in [1.54, 1.807) is 41.4 Å². The maximum atomic E-state index is 14.7. The molecule has 0 saturated carbocycles. The number of hydrogen-bond donors (Lipinski definition) is 12. The van der Waals surface area contributed by atoms with Gasteiger partial charge in [0.1, 0.15) is 36.3 Å². The van der Waals surface area contributed by atoms with Crippen molar-refractivity contribution in [2.75, 3.05) is 19.6 Å². The molecule has 13 N–H and O–H groups in total. The number of carbonyl (C=O) groups excluding carboxylic acids is 8. The second-order valence-electron chi connectivity index (χ2n) is 18.1. The largest absolute Gasteiger partial charge is 0.370 e. The third kappa shape index (κ3) is 15.6. The van der Waals surface area contributed by atoms with Crippen molar-refractivity contribution in [3.63, 3.8) is 0 Å². The van der Waals surface area contributed by atoms with Gasteiger partial charge in [0.2, 0.25) is 47.3 Å². The summed E-state index contributed by atoms with van der Waals surface area (Å²) >= 11 is 0. The van der Waals surface area contributed by atoms with Crippen molar-refractivity contribution >= 4 is 64.1 Å². The van der Waals surface area contributed by atoms with Gasteiger partial charge in [0.15, 0.2) is 5.96 Å². The fourth-order valence-electron chi connectivity index (χ4n) is 8.90. The fraction of sp³-hybridized carbons (Fsp3) is 0.469. The SMILES string of the molecule is CC(=O)N[C@H]1CCC(=O)NCCC[C@@H](C(=O)N2CCC[C@H]2C)NC(=O)[C@H](Cc2c[nH]c3ccccc23)NC(=O)[C@H](CCCNC(=N)N)NC(=O)[C@@H](Cc2ccccc2)NC(=O)[C@H](Cc2cnc[nH]2)NC1=O. The number of imidazole rings is 1. The van der Waals surface area contributed by atoms with Crippen LogP contribution >= 0.6 is 0 Å². The van der Waals surface area contributed by atoms with Crippen LogP contribution in [0.5, 0.6) is 0 Å². The van der Waals surface area contributed by atoms with Gasteiger partial charge in [0.05, 0.1) is 6.33 Å². The average molecular weight is 979 g/mol. The first-order valence-electron chi connectivity index (χ1n) is 24.1. The van der Waals surface area contributed by atoms with E-state index in [2.05, 4.69) is 57.5 Å². The number of likely N-dealkylation sites (tertiary alicyclic amines) is 1. The molecule has 6 rings (SSSR count). The van der Waals surface area contributed by atoms with Crippen molar-refractivity contribution in [2.45, 2.75) is 127 Å². The summed E-state index contributed by atoms with van der Waals surface area (Å²) in [5.41, 5.74) is 8.16. The Hall–Kier alpha value is -7.78. The number of aromatic nitrogens is 3. The first-order chi connectivity index (χ1) is 34.1. The van der Waals surface area contributed by atoms with Crippen LogP contribution in [0.25, 0.3) is 10.9 Å². The lowest BCUT2D eigenvalue weighted by molar-refractivity contribution is -0.138. The van der Waals surface area contributed by atoms with Gasteiger partial charge >= 0.3 is 0 Å². The number of aromatic amines is 2. The minimum atomic E-state index is -1.33. The number of nitrogens with zero attached hydrogens (tertiary/aromatic N) is 2. The van der Waals surface area contributed by atoms with Crippen molar-refractivity contribution in [1.82, 2.24) is 62.4 Å². The van der Waals surface area contributed by atoms with Gasteiger partial charge in [-0.15, -0.1) is 0 Å². The molecule has 0 spiro atoms. The van der Waals surface area contributed by atoms with Crippen LogP contribution in [0.3, 0.4) is 0 Å². The molecule has 2 aromatic heterocycles. The van der Waals surface area contributed by atoms with E-state index in [4.69, 9.17) is 11.1 Å². The molecule has 2 aliphatic heterocycles. The molecule has 2 saturated heterocycles. The Bertz CT molecular complexity index is 2500. The van der Waals surface area contributed by atoms with E-state index >= 15 is 0 Å². The van der Waals surface area contributed by atoms with Gasteiger partial charge in [0, 0.05) is 87.3 Å². The average Bonchev–Trinajstić information content (AvgIpc) is 4.13. The number of benzene rings is 2. The van der Waals surface area contributed by atoms with E-state index in [9.17, 15) is 38.4 Å². The molecule has 0 unspecified atom stereocenters. The first-order valence-corrected chi connectivity index (χ1v) is 24.1. The lowest BCUT2D eigenvalue weighted by Gasteiger charge is -2.30. The molecule has 380 valence electrons. The third-order valence-electron chi connectivity index (χ3n) is 12.7. The summed E-state index contributed by atoms with van der Waals surface area (Å²) in [6.45, 7) is 3.92. The highest BCUT2D eigenvalue weighted by atomic mass is 16.2. The predicted molar refractivity (Wildman–Crippen MR) is 263 cm³/mol. The monoisotopic (exact) mass is 979 g/mol. The number of guanidine groups is 1. The molecule has 0 radical (unpaired) electrons.